The Morgan fingerprint density at radius 2 is 1.89 bits per heavy atom. The Kier molecular flexibility index (Phi) is 4.72. The second-order valence-electron chi connectivity index (χ2n) is 6.13. The Bertz CT molecular complexity index is 956. The van der Waals surface area contributed by atoms with E-state index < -0.39 is 24.5 Å². The number of methoxy groups -OCH3 is 1. The van der Waals surface area contributed by atoms with Gasteiger partial charge in [0.25, 0.3) is 5.91 Å². The standard InChI is InChI=1S/C19H19N3O5/c1-11-8-13(9-16-18(25)21(10-17(23)24)19(26)20-16)12(2)22(11)14-4-6-15(27-3)7-5-14/h4-9H,10H2,1-3H3,(H,20,26)(H,23,24)/b16-9+. The normalized spacial score (nSPS) is 15.4. The van der Waals surface area contributed by atoms with Crippen molar-refractivity contribution in [3.05, 3.63) is 53.0 Å². The van der Waals surface area contributed by atoms with Crippen LogP contribution in [0.1, 0.15) is 17.0 Å². The van der Waals surface area contributed by atoms with E-state index in [-0.39, 0.29) is 5.70 Å². The molecule has 1 aliphatic heterocycles. The van der Waals surface area contributed by atoms with Crippen LogP contribution in [0.2, 0.25) is 0 Å². The van der Waals surface area contributed by atoms with E-state index in [0.29, 0.717) is 4.90 Å². The summed E-state index contributed by atoms with van der Waals surface area (Å²) >= 11 is 0. The first kappa shape index (κ1) is 18.2. The van der Waals surface area contributed by atoms with E-state index in [1.165, 1.54) is 0 Å². The van der Waals surface area contributed by atoms with E-state index in [9.17, 15) is 14.4 Å². The molecule has 1 aliphatic rings. The first-order valence-corrected chi connectivity index (χ1v) is 8.21. The molecule has 0 radical (unpaired) electrons. The number of nitrogens with one attached hydrogen (secondary N) is 1. The molecule has 8 nitrogen and oxygen atoms in total. The third-order valence-electron chi connectivity index (χ3n) is 4.36. The van der Waals surface area contributed by atoms with Gasteiger partial charge >= 0.3 is 12.0 Å². The second kappa shape index (κ2) is 6.99. The third kappa shape index (κ3) is 3.41. The van der Waals surface area contributed by atoms with E-state index in [4.69, 9.17) is 9.84 Å². The van der Waals surface area contributed by atoms with E-state index in [1.807, 2.05) is 48.7 Å². The van der Waals surface area contributed by atoms with Crippen molar-refractivity contribution in [1.82, 2.24) is 14.8 Å². The van der Waals surface area contributed by atoms with Crippen LogP contribution in [0.4, 0.5) is 4.79 Å². The van der Waals surface area contributed by atoms with Crippen LogP contribution < -0.4 is 10.1 Å². The van der Waals surface area contributed by atoms with Crippen LogP contribution in [0, 0.1) is 13.8 Å². The number of aliphatic carboxylic acids is 1. The lowest BCUT2D eigenvalue weighted by Crippen LogP contribution is -2.35. The number of amides is 3. The number of hydrogen-bond donors (Lipinski definition) is 2. The minimum atomic E-state index is -1.25. The molecule has 27 heavy (non-hydrogen) atoms. The van der Waals surface area contributed by atoms with Gasteiger partial charge in [0.1, 0.15) is 18.0 Å². The van der Waals surface area contributed by atoms with Gasteiger partial charge in [-0.3, -0.25) is 9.59 Å². The second-order valence-corrected chi connectivity index (χ2v) is 6.13. The molecule has 140 valence electrons. The molecule has 8 heteroatoms. The van der Waals surface area contributed by atoms with Crippen molar-refractivity contribution in [2.75, 3.05) is 13.7 Å². The summed E-state index contributed by atoms with van der Waals surface area (Å²) in [6.07, 6.45) is 1.56. The monoisotopic (exact) mass is 369 g/mol. The number of aromatic nitrogens is 1. The lowest BCUT2D eigenvalue weighted by Gasteiger charge is -2.10. The average Bonchev–Trinajstić information content (AvgIpc) is 3.05. The fourth-order valence-electron chi connectivity index (χ4n) is 3.07. The molecule has 2 heterocycles. The Morgan fingerprint density at radius 3 is 2.48 bits per heavy atom. The van der Waals surface area contributed by atoms with Crippen LogP contribution in [-0.4, -0.2) is 46.1 Å². The number of carbonyl (C=O) groups is 3. The lowest BCUT2D eigenvalue weighted by molar-refractivity contribution is -0.140. The van der Waals surface area contributed by atoms with Crippen LogP contribution in [0.5, 0.6) is 5.75 Å². The van der Waals surface area contributed by atoms with Crippen LogP contribution in [0.3, 0.4) is 0 Å². The SMILES string of the molecule is COc1ccc(-n2c(C)cc(/C=C3/NC(=O)N(CC(=O)O)C3=O)c2C)cc1. The number of aryl methyl sites for hydroxylation is 1. The highest BCUT2D eigenvalue weighted by Crippen LogP contribution is 2.25. The number of carboxylic acids is 1. The molecule has 2 aromatic rings. The Hall–Kier alpha value is -3.55. The van der Waals surface area contributed by atoms with Crippen molar-refractivity contribution < 1.29 is 24.2 Å². The quantitative estimate of drug-likeness (QED) is 0.621. The maximum Gasteiger partial charge on any atom is 0.329 e. The molecule has 1 aromatic carbocycles. The average molecular weight is 369 g/mol. The highest BCUT2D eigenvalue weighted by molar-refractivity contribution is 6.15. The fourth-order valence-corrected chi connectivity index (χ4v) is 3.07. The van der Waals surface area contributed by atoms with Gasteiger partial charge in [-0.25, -0.2) is 9.69 Å². The number of carbonyl (C=O) groups excluding carboxylic acids is 2. The summed E-state index contributed by atoms with van der Waals surface area (Å²) in [4.78, 5) is 35.6. The molecule has 0 atom stereocenters. The Balaban J connectivity index is 1.95. The van der Waals surface area contributed by atoms with Crippen molar-refractivity contribution in [1.29, 1.82) is 0 Å². The van der Waals surface area contributed by atoms with Gasteiger partial charge in [-0.2, -0.15) is 0 Å². The molecule has 3 rings (SSSR count). The number of carboxylic acid groups (broad SMARTS) is 1. The lowest BCUT2D eigenvalue weighted by atomic mass is 10.2. The summed E-state index contributed by atoms with van der Waals surface area (Å²) in [5, 5.41) is 11.3. The van der Waals surface area contributed by atoms with Crippen molar-refractivity contribution in [2.45, 2.75) is 13.8 Å². The molecule has 0 saturated carbocycles. The fraction of sp³-hybridized carbons (Fsp3) is 0.211. The topological polar surface area (TPSA) is 101 Å². The van der Waals surface area contributed by atoms with Gasteiger partial charge in [-0.1, -0.05) is 0 Å². The molecule has 0 aliphatic carbocycles. The van der Waals surface area contributed by atoms with Crippen molar-refractivity contribution in [2.24, 2.45) is 0 Å². The molecule has 1 aromatic heterocycles. The summed E-state index contributed by atoms with van der Waals surface area (Å²) in [5.74, 6) is -1.16. The highest BCUT2D eigenvalue weighted by atomic mass is 16.5. The van der Waals surface area contributed by atoms with Crippen LogP contribution in [0.15, 0.2) is 36.0 Å². The minimum Gasteiger partial charge on any atom is -0.497 e. The van der Waals surface area contributed by atoms with Gasteiger partial charge < -0.3 is 19.7 Å². The van der Waals surface area contributed by atoms with E-state index in [1.54, 1.807) is 13.2 Å². The van der Waals surface area contributed by atoms with E-state index >= 15 is 0 Å². The number of nitrogens with zero attached hydrogens (tertiary/aromatic N) is 2. The molecule has 0 unspecified atom stereocenters. The minimum absolute atomic E-state index is 0.0521. The van der Waals surface area contributed by atoms with Crippen molar-refractivity contribution >= 4 is 24.0 Å². The predicted molar refractivity (Wildman–Crippen MR) is 97.7 cm³/mol. The summed E-state index contributed by atoms with van der Waals surface area (Å²) in [5.41, 5.74) is 3.57. The van der Waals surface area contributed by atoms with Gasteiger partial charge in [0.15, 0.2) is 0 Å². The maximum absolute atomic E-state index is 12.3. The third-order valence-corrected chi connectivity index (χ3v) is 4.36. The molecule has 0 spiro atoms. The predicted octanol–water partition coefficient (Wildman–Crippen LogP) is 2.08. The maximum atomic E-state index is 12.3. The Morgan fingerprint density at radius 1 is 1.22 bits per heavy atom. The molecule has 3 amide bonds. The van der Waals surface area contributed by atoms with Gasteiger partial charge in [0.2, 0.25) is 0 Å². The van der Waals surface area contributed by atoms with Gasteiger partial charge in [0, 0.05) is 17.1 Å². The Labute approximate surface area is 155 Å². The van der Waals surface area contributed by atoms with E-state index in [2.05, 4.69) is 5.32 Å². The molecule has 1 saturated heterocycles. The zero-order chi connectivity index (χ0) is 19.7. The summed E-state index contributed by atoms with van der Waals surface area (Å²) in [6, 6.07) is 8.72. The van der Waals surface area contributed by atoms with Crippen molar-refractivity contribution in [3.63, 3.8) is 0 Å². The number of hydrogen-bond acceptors (Lipinski definition) is 4. The molecular weight excluding hydrogens is 350 g/mol. The summed E-state index contributed by atoms with van der Waals surface area (Å²) in [7, 11) is 1.60. The first-order chi connectivity index (χ1) is 12.8. The molecule has 2 N–H and O–H groups in total. The van der Waals surface area contributed by atoms with Crippen LogP contribution >= 0.6 is 0 Å². The summed E-state index contributed by atoms with van der Waals surface area (Å²) < 4.78 is 7.19. The number of urea groups is 1. The molecular formula is C19H19N3O5. The zero-order valence-electron chi connectivity index (χ0n) is 15.1. The molecule has 0 bridgehead atoms. The smallest absolute Gasteiger partial charge is 0.329 e. The number of imide groups is 1. The largest absolute Gasteiger partial charge is 0.497 e. The first-order valence-electron chi connectivity index (χ1n) is 8.21. The number of ether oxygens (including phenoxy) is 1. The van der Waals surface area contributed by atoms with Crippen molar-refractivity contribution in [3.8, 4) is 11.4 Å². The van der Waals surface area contributed by atoms with Crippen LogP contribution in [-0.2, 0) is 9.59 Å². The van der Waals surface area contributed by atoms with Gasteiger partial charge in [0.05, 0.1) is 7.11 Å². The van der Waals surface area contributed by atoms with Gasteiger partial charge in [-0.15, -0.1) is 0 Å². The van der Waals surface area contributed by atoms with Gasteiger partial charge in [-0.05, 0) is 55.8 Å². The van der Waals surface area contributed by atoms with E-state index in [0.717, 1.165) is 28.4 Å². The highest BCUT2D eigenvalue weighted by Gasteiger charge is 2.35. The number of rotatable bonds is 5. The molecule has 1 fully saturated rings. The summed E-state index contributed by atoms with van der Waals surface area (Å²) in [6.45, 7) is 3.16. The van der Waals surface area contributed by atoms with Crippen LogP contribution in [0.25, 0.3) is 11.8 Å². The number of benzene rings is 1. The zero-order valence-corrected chi connectivity index (χ0v) is 15.1.